The first kappa shape index (κ1) is 15.3. The van der Waals surface area contributed by atoms with Crippen LogP contribution in [0, 0.1) is 5.92 Å². The number of hydrogen-bond donors (Lipinski definition) is 1. The fourth-order valence-corrected chi connectivity index (χ4v) is 3.03. The van der Waals surface area contributed by atoms with Crippen LogP contribution in [-0.2, 0) is 6.54 Å². The second-order valence-electron chi connectivity index (χ2n) is 6.16. The van der Waals surface area contributed by atoms with Gasteiger partial charge in [0.25, 0.3) is 0 Å². The third-order valence-electron chi connectivity index (χ3n) is 4.23. The Labute approximate surface area is 123 Å². The van der Waals surface area contributed by atoms with Crippen molar-refractivity contribution in [1.82, 2.24) is 15.1 Å². The number of nitrogens with one attached hydrogen (secondary N) is 1. The number of hydrogen-bond acceptors (Lipinski definition) is 2. The van der Waals surface area contributed by atoms with Gasteiger partial charge in [-0.15, -0.1) is 0 Å². The molecule has 1 aromatic rings. The predicted octanol–water partition coefficient (Wildman–Crippen LogP) is 3.86. The van der Waals surface area contributed by atoms with E-state index in [1.54, 1.807) is 5.57 Å². The van der Waals surface area contributed by atoms with Crippen LogP contribution in [-0.4, -0.2) is 22.4 Å². The maximum Gasteiger partial charge on any atom is 0.0609 e. The Morgan fingerprint density at radius 1 is 1.40 bits per heavy atom. The van der Waals surface area contributed by atoms with Gasteiger partial charge in [0.1, 0.15) is 0 Å². The summed E-state index contributed by atoms with van der Waals surface area (Å²) in [5.41, 5.74) is 2.81. The van der Waals surface area contributed by atoms with Crippen LogP contribution in [0.1, 0.15) is 58.6 Å². The minimum atomic E-state index is 0.540. The highest BCUT2D eigenvalue weighted by molar-refractivity contribution is 5.50. The summed E-state index contributed by atoms with van der Waals surface area (Å²) >= 11 is 0. The second-order valence-corrected chi connectivity index (χ2v) is 6.16. The number of nitrogens with zero attached hydrogens (tertiary/aromatic N) is 2. The maximum atomic E-state index is 4.38. The standard InChI is InChI=1S/C17H29N3/c1-4-20-17(10-11-19-20)12-16(13-18-14(2)3)15-8-6-5-7-9-15/h10-12,14-15,18H,4-9,13H2,1-3H3/b16-12-. The van der Waals surface area contributed by atoms with Gasteiger partial charge in [-0.25, -0.2) is 0 Å². The molecule has 0 spiro atoms. The van der Waals surface area contributed by atoms with Crippen molar-refractivity contribution in [3.8, 4) is 0 Å². The van der Waals surface area contributed by atoms with Crippen molar-refractivity contribution in [2.75, 3.05) is 6.54 Å². The summed E-state index contributed by atoms with van der Waals surface area (Å²) < 4.78 is 2.08. The smallest absolute Gasteiger partial charge is 0.0609 e. The third-order valence-corrected chi connectivity index (χ3v) is 4.23. The summed E-state index contributed by atoms with van der Waals surface area (Å²) in [4.78, 5) is 0. The lowest BCUT2D eigenvalue weighted by Gasteiger charge is -2.25. The molecule has 112 valence electrons. The van der Waals surface area contributed by atoms with E-state index in [0.29, 0.717) is 6.04 Å². The first-order valence-corrected chi connectivity index (χ1v) is 8.16. The quantitative estimate of drug-likeness (QED) is 0.854. The second kappa shape index (κ2) is 7.63. The molecule has 0 unspecified atom stereocenters. The van der Waals surface area contributed by atoms with Crippen molar-refractivity contribution < 1.29 is 0 Å². The molecule has 1 saturated carbocycles. The lowest BCUT2D eigenvalue weighted by molar-refractivity contribution is 0.394. The minimum absolute atomic E-state index is 0.540. The molecule has 0 amide bonds. The molecule has 0 atom stereocenters. The largest absolute Gasteiger partial charge is 0.311 e. The number of aromatic nitrogens is 2. The van der Waals surface area contributed by atoms with E-state index in [4.69, 9.17) is 0 Å². The highest BCUT2D eigenvalue weighted by Crippen LogP contribution is 2.30. The zero-order valence-corrected chi connectivity index (χ0v) is 13.2. The number of rotatable bonds is 6. The molecule has 0 aliphatic heterocycles. The SMILES string of the molecule is CCn1nccc1/C=C(/CNC(C)C)C1CCCCC1. The van der Waals surface area contributed by atoms with Crippen LogP contribution >= 0.6 is 0 Å². The van der Waals surface area contributed by atoms with E-state index in [1.165, 1.54) is 37.8 Å². The van der Waals surface area contributed by atoms with Crippen LogP contribution in [0.25, 0.3) is 6.08 Å². The molecule has 1 fully saturated rings. The molecule has 1 aliphatic carbocycles. The minimum Gasteiger partial charge on any atom is -0.311 e. The summed E-state index contributed by atoms with van der Waals surface area (Å²) in [5.74, 6) is 0.759. The molecule has 3 heteroatoms. The zero-order chi connectivity index (χ0) is 14.4. The van der Waals surface area contributed by atoms with Crippen LogP contribution in [0.5, 0.6) is 0 Å². The van der Waals surface area contributed by atoms with Gasteiger partial charge in [0.2, 0.25) is 0 Å². The monoisotopic (exact) mass is 275 g/mol. The Morgan fingerprint density at radius 3 is 2.80 bits per heavy atom. The molecule has 1 heterocycles. The highest BCUT2D eigenvalue weighted by atomic mass is 15.3. The molecular formula is C17H29N3. The van der Waals surface area contributed by atoms with E-state index in [9.17, 15) is 0 Å². The van der Waals surface area contributed by atoms with Crippen LogP contribution < -0.4 is 5.32 Å². The first-order valence-electron chi connectivity index (χ1n) is 8.16. The van der Waals surface area contributed by atoms with Gasteiger partial charge in [-0.2, -0.15) is 5.10 Å². The summed E-state index contributed by atoms with van der Waals surface area (Å²) in [6, 6.07) is 2.67. The Balaban J connectivity index is 2.15. The van der Waals surface area contributed by atoms with E-state index < -0.39 is 0 Å². The molecule has 0 aromatic carbocycles. The van der Waals surface area contributed by atoms with Crippen molar-refractivity contribution in [2.45, 2.75) is 65.5 Å². The highest BCUT2D eigenvalue weighted by Gasteiger charge is 2.18. The summed E-state index contributed by atoms with van der Waals surface area (Å²) in [6.07, 6.45) is 11.2. The van der Waals surface area contributed by atoms with Crippen molar-refractivity contribution in [3.63, 3.8) is 0 Å². The first-order chi connectivity index (χ1) is 9.70. The van der Waals surface area contributed by atoms with Gasteiger partial charge in [-0.1, -0.05) is 38.7 Å². The Kier molecular flexibility index (Phi) is 5.84. The van der Waals surface area contributed by atoms with Gasteiger partial charge < -0.3 is 5.32 Å². The Morgan fingerprint density at radius 2 is 2.15 bits per heavy atom. The molecule has 1 aromatic heterocycles. The molecule has 0 radical (unpaired) electrons. The normalized spacial score (nSPS) is 17.9. The zero-order valence-electron chi connectivity index (χ0n) is 13.2. The van der Waals surface area contributed by atoms with E-state index in [-0.39, 0.29) is 0 Å². The molecule has 0 saturated heterocycles. The van der Waals surface area contributed by atoms with E-state index in [0.717, 1.165) is 19.0 Å². The Bertz CT molecular complexity index is 425. The van der Waals surface area contributed by atoms with E-state index in [2.05, 4.69) is 48.0 Å². The van der Waals surface area contributed by atoms with Crippen molar-refractivity contribution in [1.29, 1.82) is 0 Å². The average Bonchev–Trinajstić information content (AvgIpc) is 2.91. The van der Waals surface area contributed by atoms with Gasteiger partial charge in [-0.05, 0) is 37.8 Å². The van der Waals surface area contributed by atoms with Crippen LogP contribution in [0.2, 0.25) is 0 Å². The molecule has 2 rings (SSSR count). The number of aryl methyl sites for hydroxylation is 1. The van der Waals surface area contributed by atoms with Crippen molar-refractivity contribution in [3.05, 3.63) is 23.5 Å². The summed E-state index contributed by atoms with van der Waals surface area (Å²) in [7, 11) is 0. The topological polar surface area (TPSA) is 29.9 Å². The third kappa shape index (κ3) is 4.20. The van der Waals surface area contributed by atoms with Gasteiger partial charge >= 0.3 is 0 Å². The fraction of sp³-hybridized carbons (Fsp3) is 0.706. The van der Waals surface area contributed by atoms with E-state index in [1.807, 2.05) is 6.20 Å². The van der Waals surface area contributed by atoms with Gasteiger partial charge in [0, 0.05) is 25.3 Å². The molecule has 3 nitrogen and oxygen atoms in total. The van der Waals surface area contributed by atoms with Gasteiger partial charge in [-0.3, -0.25) is 4.68 Å². The molecular weight excluding hydrogens is 246 g/mol. The fourth-order valence-electron chi connectivity index (χ4n) is 3.03. The van der Waals surface area contributed by atoms with Crippen LogP contribution in [0.3, 0.4) is 0 Å². The van der Waals surface area contributed by atoms with Crippen LogP contribution in [0.15, 0.2) is 17.8 Å². The molecule has 20 heavy (non-hydrogen) atoms. The lowest BCUT2D eigenvalue weighted by atomic mass is 9.83. The van der Waals surface area contributed by atoms with Crippen LogP contribution in [0.4, 0.5) is 0 Å². The summed E-state index contributed by atoms with van der Waals surface area (Å²) in [6.45, 7) is 8.53. The van der Waals surface area contributed by atoms with E-state index >= 15 is 0 Å². The Hall–Kier alpha value is -1.09. The molecule has 1 N–H and O–H groups in total. The molecule has 0 bridgehead atoms. The average molecular weight is 275 g/mol. The molecule has 1 aliphatic rings. The van der Waals surface area contributed by atoms with Gasteiger partial charge in [0.15, 0.2) is 0 Å². The predicted molar refractivity (Wildman–Crippen MR) is 85.6 cm³/mol. The van der Waals surface area contributed by atoms with Crippen molar-refractivity contribution >= 4 is 6.08 Å². The van der Waals surface area contributed by atoms with Gasteiger partial charge in [0.05, 0.1) is 5.69 Å². The van der Waals surface area contributed by atoms with Crippen molar-refractivity contribution in [2.24, 2.45) is 5.92 Å². The lowest BCUT2D eigenvalue weighted by Crippen LogP contribution is -2.28. The summed E-state index contributed by atoms with van der Waals surface area (Å²) in [5, 5.41) is 7.97. The maximum absolute atomic E-state index is 4.38.